The van der Waals surface area contributed by atoms with E-state index in [0.29, 0.717) is 0 Å². The molecule has 32 heavy (non-hydrogen) atoms. The van der Waals surface area contributed by atoms with E-state index in [2.05, 4.69) is 5.32 Å². The Kier molecular flexibility index (Phi) is 5.70. The molecule has 9 nitrogen and oxygen atoms in total. The molecule has 1 fully saturated rings. The SMILES string of the molecule is O=C(Cc1ccccc1)NC1C(=O)N2C(C(=O)O)C(Cc3c(O)cc(O)cc3O)=CS[C@H]12. The predicted molar refractivity (Wildman–Crippen MR) is 115 cm³/mol. The van der Waals surface area contributed by atoms with E-state index in [-0.39, 0.29) is 47.1 Å². The van der Waals surface area contributed by atoms with Gasteiger partial charge in [0.25, 0.3) is 0 Å². The number of thioether (sulfide) groups is 1. The number of benzene rings is 2. The van der Waals surface area contributed by atoms with Crippen LogP contribution in [0.1, 0.15) is 11.1 Å². The third-order valence-electron chi connectivity index (χ3n) is 5.39. The van der Waals surface area contributed by atoms with Gasteiger partial charge in [0, 0.05) is 24.1 Å². The molecule has 0 aliphatic carbocycles. The van der Waals surface area contributed by atoms with E-state index in [1.807, 2.05) is 18.2 Å². The molecular formula is C22H20N2O7S. The van der Waals surface area contributed by atoms with Crippen LogP contribution >= 0.6 is 11.8 Å². The second kappa shape index (κ2) is 8.46. The van der Waals surface area contributed by atoms with Crippen molar-refractivity contribution in [2.24, 2.45) is 0 Å². The predicted octanol–water partition coefficient (Wildman–Crippen LogP) is 1.33. The second-order valence-electron chi connectivity index (χ2n) is 7.55. The molecule has 166 valence electrons. The molecule has 2 aliphatic rings. The van der Waals surface area contributed by atoms with Crippen molar-refractivity contribution in [3.05, 3.63) is 64.6 Å². The second-order valence-corrected chi connectivity index (χ2v) is 8.54. The summed E-state index contributed by atoms with van der Waals surface area (Å²) in [5.74, 6) is -3.22. The Balaban J connectivity index is 1.51. The number of rotatable bonds is 6. The summed E-state index contributed by atoms with van der Waals surface area (Å²) >= 11 is 1.19. The Morgan fingerprint density at radius 3 is 2.34 bits per heavy atom. The first-order valence-electron chi connectivity index (χ1n) is 9.72. The van der Waals surface area contributed by atoms with Gasteiger partial charge in [-0.2, -0.15) is 0 Å². The summed E-state index contributed by atoms with van der Waals surface area (Å²) in [5, 5.41) is 43.0. The zero-order chi connectivity index (χ0) is 23.0. The first-order chi connectivity index (χ1) is 15.3. The van der Waals surface area contributed by atoms with Gasteiger partial charge in [0.1, 0.15) is 28.7 Å². The van der Waals surface area contributed by atoms with Gasteiger partial charge in [-0.15, -0.1) is 11.8 Å². The minimum atomic E-state index is -1.30. The summed E-state index contributed by atoms with van der Waals surface area (Å²) in [4.78, 5) is 38.3. The number of carbonyl (C=O) groups is 3. The fourth-order valence-electron chi connectivity index (χ4n) is 3.87. The maximum atomic E-state index is 12.8. The standard InChI is InChI=1S/C22H20N2O7S/c25-13-8-15(26)14(16(27)9-13)7-12-10-32-21-18(20(29)24(21)19(12)22(30)31)23-17(28)6-11-4-2-1-3-5-11/h1-5,8-10,18-19,21,25-27H,6-7H2,(H,23,28)(H,30,31)/t18?,19?,21-/m1/s1. The van der Waals surface area contributed by atoms with Crippen LogP contribution in [-0.4, -0.2) is 60.6 Å². The Hall–Kier alpha value is -3.66. The lowest BCUT2D eigenvalue weighted by Gasteiger charge is -2.51. The lowest BCUT2D eigenvalue weighted by atomic mass is 9.93. The van der Waals surface area contributed by atoms with Crippen LogP contribution in [0.15, 0.2) is 53.4 Å². The summed E-state index contributed by atoms with van der Waals surface area (Å²) in [6.45, 7) is 0. The van der Waals surface area contributed by atoms with Crippen LogP contribution in [0, 0.1) is 0 Å². The van der Waals surface area contributed by atoms with Gasteiger partial charge >= 0.3 is 5.97 Å². The Morgan fingerprint density at radius 1 is 1.06 bits per heavy atom. The van der Waals surface area contributed by atoms with Crippen LogP contribution in [0.25, 0.3) is 0 Å². The fraction of sp³-hybridized carbons (Fsp3) is 0.227. The van der Waals surface area contributed by atoms with Crippen molar-refractivity contribution in [2.75, 3.05) is 0 Å². The largest absolute Gasteiger partial charge is 0.508 e. The third kappa shape index (κ3) is 3.96. The van der Waals surface area contributed by atoms with E-state index in [1.165, 1.54) is 16.7 Å². The number of aliphatic carboxylic acids is 1. The van der Waals surface area contributed by atoms with Gasteiger partial charge < -0.3 is 30.6 Å². The molecule has 2 aromatic rings. The third-order valence-corrected chi connectivity index (χ3v) is 6.61. The summed E-state index contributed by atoms with van der Waals surface area (Å²) < 4.78 is 0. The van der Waals surface area contributed by atoms with Crippen LogP contribution in [0.3, 0.4) is 0 Å². The highest BCUT2D eigenvalue weighted by molar-refractivity contribution is 8.02. The van der Waals surface area contributed by atoms with Gasteiger partial charge in [-0.05, 0) is 16.5 Å². The van der Waals surface area contributed by atoms with Crippen molar-refractivity contribution in [3.8, 4) is 17.2 Å². The highest BCUT2D eigenvalue weighted by Crippen LogP contribution is 2.43. The fourth-order valence-corrected chi connectivity index (χ4v) is 5.10. The number of phenolic OH excluding ortho intramolecular Hbond substituents is 3. The summed E-state index contributed by atoms with van der Waals surface area (Å²) in [5.41, 5.74) is 1.13. The molecule has 2 aromatic carbocycles. The molecule has 2 amide bonds. The molecule has 2 aliphatic heterocycles. The lowest BCUT2D eigenvalue weighted by Crippen LogP contribution is -2.74. The Bertz CT molecular complexity index is 1100. The van der Waals surface area contributed by atoms with Crippen molar-refractivity contribution in [1.29, 1.82) is 0 Å². The van der Waals surface area contributed by atoms with E-state index in [4.69, 9.17) is 0 Å². The maximum Gasteiger partial charge on any atom is 0.330 e. The quantitative estimate of drug-likeness (QED) is 0.409. The first-order valence-corrected chi connectivity index (χ1v) is 10.7. The van der Waals surface area contributed by atoms with Crippen molar-refractivity contribution < 1.29 is 34.8 Å². The number of hydrogen-bond donors (Lipinski definition) is 5. The highest BCUT2D eigenvalue weighted by atomic mass is 32.2. The van der Waals surface area contributed by atoms with E-state index in [0.717, 1.165) is 17.7 Å². The molecule has 1 saturated heterocycles. The number of carbonyl (C=O) groups excluding carboxylic acids is 2. The van der Waals surface area contributed by atoms with Crippen molar-refractivity contribution in [2.45, 2.75) is 30.3 Å². The van der Waals surface area contributed by atoms with Crippen molar-refractivity contribution >= 4 is 29.5 Å². The summed E-state index contributed by atoms with van der Waals surface area (Å²) in [7, 11) is 0. The van der Waals surface area contributed by atoms with Crippen LogP contribution in [-0.2, 0) is 27.2 Å². The number of aromatic hydroxyl groups is 3. The number of nitrogens with zero attached hydrogens (tertiary/aromatic N) is 1. The van der Waals surface area contributed by atoms with Crippen LogP contribution in [0.5, 0.6) is 17.2 Å². The molecule has 0 saturated carbocycles. The summed E-state index contributed by atoms with van der Waals surface area (Å²) in [6, 6.07) is 8.98. The van der Waals surface area contributed by atoms with Crippen LogP contribution in [0.2, 0.25) is 0 Å². The number of fused-ring (bicyclic) bond motifs is 1. The number of β-lactam (4-membered cyclic amide) rings is 1. The molecular weight excluding hydrogens is 436 g/mol. The van der Waals surface area contributed by atoms with Crippen LogP contribution < -0.4 is 5.32 Å². The van der Waals surface area contributed by atoms with Gasteiger partial charge in [0.2, 0.25) is 11.8 Å². The number of carboxylic acids is 1. The van der Waals surface area contributed by atoms with E-state index >= 15 is 0 Å². The maximum absolute atomic E-state index is 12.8. The van der Waals surface area contributed by atoms with Gasteiger partial charge in [0.15, 0.2) is 6.04 Å². The Labute approximate surface area is 187 Å². The number of phenols is 3. The average molecular weight is 456 g/mol. The molecule has 5 N–H and O–H groups in total. The highest BCUT2D eigenvalue weighted by Gasteiger charge is 2.55. The molecule has 0 radical (unpaired) electrons. The van der Waals surface area contributed by atoms with Crippen molar-refractivity contribution in [3.63, 3.8) is 0 Å². The Morgan fingerprint density at radius 2 is 1.72 bits per heavy atom. The molecule has 0 aromatic heterocycles. The smallest absolute Gasteiger partial charge is 0.330 e. The van der Waals surface area contributed by atoms with Crippen LogP contribution in [0.4, 0.5) is 0 Å². The molecule has 2 heterocycles. The molecule has 0 spiro atoms. The van der Waals surface area contributed by atoms with E-state index < -0.39 is 29.3 Å². The lowest BCUT2D eigenvalue weighted by molar-refractivity contribution is -0.160. The number of carboxylic acid groups (broad SMARTS) is 1. The van der Waals surface area contributed by atoms with Gasteiger partial charge in [-0.25, -0.2) is 4.79 Å². The molecule has 10 heteroatoms. The van der Waals surface area contributed by atoms with Gasteiger partial charge in [0.05, 0.1) is 6.42 Å². The zero-order valence-electron chi connectivity index (χ0n) is 16.6. The van der Waals surface area contributed by atoms with Gasteiger partial charge in [-0.3, -0.25) is 9.59 Å². The van der Waals surface area contributed by atoms with Crippen molar-refractivity contribution in [1.82, 2.24) is 10.2 Å². The zero-order valence-corrected chi connectivity index (χ0v) is 17.5. The van der Waals surface area contributed by atoms with Gasteiger partial charge in [-0.1, -0.05) is 30.3 Å². The number of amides is 2. The molecule has 4 rings (SSSR count). The topological polar surface area (TPSA) is 147 Å². The normalized spacial score (nSPS) is 21.9. The number of hydrogen-bond acceptors (Lipinski definition) is 7. The van der Waals surface area contributed by atoms with E-state index in [1.54, 1.807) is 17.5 Å². The monoisotopic (exact) mass is 456 g/mol. The molecule has 0 bridgehead atoms. The number of nitrogens with one attached hydrogen (secondary N) is 1. The minimum absolute atomic E-state index is 0.0417. The first kappa shape index (κ1) is 21.6. The molecule has 3 atom stereocenters. The summed E-state index contributed by atoms with van der Waals surface area (Å²) in [6.07, 6.45) is -0.0334. The van der Waals surface area contributed by atoms with E-state index in [9.17, 15) is 34.8 Å². The minimum Gasteiger partial charge on any atom is -0.508 e. The molecule has 2 unspecified atom stereocenters. The average Bonchev–Trinajstić information content (AvgIpc) is 2.74.